The fourth-order valence-corrected chi connectivity index (χ4v) is 2.62. The summed E-state index contributed by atoms with van der Waals surface area (Å²) in [6.45, 7) is 3.19. The van der Waals surface area contributed by atoms with Gasteiger partial charge < -0.3 is 5.32 Å². The van der Waals surface area contributed by atoms with Gasteiger partial charge in [0.1, 0.15) is 0 Å². The molecule has 76 valence electrons. The van der Waals surface area contributed by atoms with Crippen molar-refractivity contribution in [2.75, 3.05) is 11.9 Å². The van der Waals surface area contributed by atoms with Crippen LogP contribution in [-0.4, -0.2) is 6.54 Å². The Balaban J connectivity index is 2.38. The number of benzene rings is 1. The SMILES string of the molecule is CCCC1CNc2c(Cl)cc(Cl)cc21. The van der Waals surface area contributed by atoms with Crippen LogP contribution >= 0.6 is 23.2 Å². The molecule has 0 saturated heterocycles. The molecular weight excluding hydrogens is 217 g/mol. The van der Waals surface area contributed by atoms with Crippen molar-refractivity contribution in [3.8, 4) is 0 Å². The van der Waals surface area contributed by atoms with Gasteiger partial charge in [-0.15, -0.1) is 0 Å². The second kappa shape index (κ2) is 4.00. The molecule has 1 nitrogen and oxygen atoms in total. The molecule has 0 spiro atoms. The highest BCUT2D eigenvalue weighted by Crippen LogP contribution is 2.40. The first-order valence-corrected chi connectivity index (χ1v) is 5.70. The maximum absolute atomic E-state index is 6.09. The third-order valence-electron chi connectivity index (χ3n) is 2.69. The van der Waals surface area contributed by atoms with Crippen LogP contribution in [0.4, 0.5) is 5.69 Å². The summed E-state index contributed by atoms with van der Waals surface area (Å²) in [5, 5.41) is 4.82. The van der Waals surface area contributed by atoms with Gasteiger partial charge in [-0.05, 0) is 24.1 Å². The molecule has 0 amide bonds. The number of hydrogen-bond acceptors (Lipinski definition) is 1. The lowest BCUT2D eigenvalue weighted by atomic mass is 9.97. The zero-order valence-electron chi connectivity index (χ0n) is 8.11. The summed E-state index contributed by atoms with van der Waals surface area (Å²) < 4.78 is 0. The van der Waals surface area contributed by atoms with Crippen LogP contribution < -0.4 is 5.32 Å². The Morgan fingerprint density at radius 1 is 1.43 bits per heavy atom. The lowest BCUT2D eigenvalue weighted by molar-refractivity contribution is 0.661. The molecule has 1 unspecified atom stereocenters. The van der Waals surface area contributed by atoms with Gasteiger partial charge in [0.2, 0.25) is 0 Å². The summed E-state index contributed by atoms with van der Waals surface area (Å²) in [4.78, 5) is 0. The molecular formula is C11H13Cl2N. The number of anilines is 1. The Labute approximate surface area is 94.4 Å². The fraction of sp³-hybridized carbons (Fsp3) is 0.455. The van der Waals surface area contributed by atoms with Gasteiger partial charge in [0.25, 0.3) is 0 Å². The molecule has 0 aliphatic carbocycles. The molecule has 1 atom stereocenters. The van der Waals surface area contributed by atoms with Crippen molar-refractivity contribution < 1.29 is 0 Å². The molecule has 1 aliphatic heterocycles. The van der Waals surface area contributed by atoms with Crippen LogP contribution in [0.1, 0.15) is 31.2 Å². The Kier molecular flexibility index (Phi) is 2.89. The first-order chi connectivity index (χ1) is 6.72. The molecule has 1 aliphatic rings. The van der Waals surface area contributed by atoms with Gasteiger partial charge in [-0.2, -0.15) is 0 Å². The zero-order chi connectivity index (χ0) is 10.1. The molecule has 0 saturated carbocycles. The van der Waals surface area contributed by atoms with Crippen molar-refractivity contribution in [1.82, 2.24) is 0 Å². The van der Waals surface area contributed by atoms with Crippen molar-refractivity contribution in [2.24, 2.45) is 0 Å². The number of fused-ring (bicyclic) bond motifs is 1. The highest BCUT2D eigenvalue weighted by atomic mass is 35.5. The van der Waals surface area contributed by atoms with Crippen LogP contribution in [0.5, 0.6) is 0 Å². The van der Waals surface area contributed by atoms with Gasteiger partial charge >= 0.3 is 0 Å². The average molecular weight is 230 g/mol. The van der Waals surface area contributed by atoms with Crippen molar-refractivity contribution in [3.05, 3.63) is 27.7 Å². The predicted octanol–water partition coefficient (Wildman–Crippen LogP) is 4.30. The topological polar surface area (TPSA) is 12.0 Å². The van der Waals surface area contributed by atoms with Crippen LogP contribution in [0.15, 0.2) is 12.1 Å². The molecule has 1 aromatic rings. The largest absolute Gasteiger partial charge is 0.383 e. The number of rotatable bonds is 2. The Morgan fingerprint density at radius 3 is 2.93 bits per heavy atom. The Hall–Kier alpha value is -0.400. The van der Waals surface area contributed by atoms with Gasteiger partial charge in [0.05, 0.1) is 10.7 Å². The zero-order valence-corrected chi connectivity index (χ0v) is 9.62. The number of nitrogens with one attached hydrogen (secondary N) is 1. The molecule has 0 fully saturated rings. The molecule has 0 aromatic heterocycles. The summed E-state index contributed by atoms with van der Waals surface area (Å²) in [6, 6.07) is 3.83. The minimum Gasteiger partial charge on any atom is -0.383 e. The van der Waals surface area contributed by atoms with Crippen LogP contribution in [0, 0.1) is 0 Å². The van der Waals surface area contributed by atoms with E-state index >= 15 is 0 Å². The van der Waals surface area contributed by atoms with Gasteiger partial charge in [0.15, 0.2) is 0 Å². The second-order valence-electron chi connectivity index (χ2n) is 3.72. The predicted molar refractivity (Wildman–Crippen MR) is 62.6 cm³/mol. The number of halogens is 2. The highest BCUT2D eigenvalue weighted by molar-refractivity contribution is 6.36. The molecule has 1 N–H and O–H groups in total. The van der Waals surface area contributed by atoms with E-state index in [0.29, 0.717) is 5.92 Å². The van der Waals surface area contributed by atoms with E-state index < -0.39 is 0 Å². The Morgan fingerprint density at radius 2 is 2.21 bits per heavy atom. The standard InChI is InChI=1S/C11H13Cl2N/c1-2-3-7-6-14-11-9(7)4-8(12)5-10(11)13/h4-5,7,14H,2-3,6H2,1H3. The summed E-state index contributed by atoms with van der Waals surface area (Å²) in [6.07, 6.45) is 2.38. The summed E-state index contributed by atoms with van der Waals surface area (Å²) in [7, 11) is 0. The molecule has 0 radical (unpaired) electrons. The van der Waals surface area contributed by atoms with Crippen LogP contribution in [-0.2, 0) is 0 Å². The molecule has 0 bridgehead atoms. The molecule has 2 rings (SSSR count). The molecule has 1 aromatic carbocycles. The maximum atomic E-state index is 6.09. The molecule has 14 heavy (non-hydrogen) atoms. The fourth-order valence-electron chi connectivity index (χ4n) is 2.04. The summed E-state index contributed by atoms with van der Waals surface area (Å²) in [5.74, 6) is 0.575. The minimum absolute atomic E-state index is 0.575. The van der Waals surface area contributed by atoms with Gasteiger partial charge in [-0.1, -0.05) is 36.5 Å². The third-order valence-corrected chi connectivity index (χ3v) is 3.20. The van der Waals surface area contributed by atoms with E-state index in [4.69, 9.17) is 23.2 Å². The average Bonchev–Trinajstić information content (AvgIpc) is 2.49. The van der Waals surface area contributed by atoms with E-state index in [-0.39, 0.29) is 0 Å². The first kappa shape index (κ1) is 10.1. The van der Waals surface area contributed by atoms with Gasteiger partial charge in [0, 0.05) is 17.5 Å². The quantitative estimate of drug-likeness (QED) is 0.798. The molecule has 3 heteroatoms. The lowest BCUT2D eigenvalue weighted by Gasteiger charge is -2.08. The maximum Gasteiger partial charge on any atom is 0.0655 e. The summed E-state index contributed by atoms with van der Waals surface area (Å²) >= 11 is 12.1. The van der Waals surface area contributed by atoms with E-state index in [1.54, 1.807) is 6.07 Å². The van der Waals surface area contributed by atoms with Crippen molar-refractivity contribution in [2.45, 2.75) is 25.7 Å². The van der Waals surface area contributed by atoms with E-state index in [2.05, 4.69) is 12.2 Å². The van der Waals surface area contributed by atoms with Crippen LogP contribution in [0.3, 0.4) is 0 Å². The first-order valence-electron chi connectivity index (χ1n) is 4.95. The highest BCUT2D eigenvalue weighted by Gasteiger charge is 2.23. The van der Waals surface area contributed by atoms with Crippen molar-refractivity contribution >= 4 is 28.9 Å². The Bertz CT molecular complexity index is 349. The lowest BCUT2D eigenvalue weighted by Crippen LogP contribution is -2.00. The van der Waals surface area contributed by atoms with Crippen molar-refractivity contribution in [1.29, 1.82) is 0 Å². The van der Waals surface area contributed by atoms with E-state index in [0.717, 1.165) is 22.3 Å². The summed E-state index contributed by atoms with van der Waals surface area (Å²) in [5.41, 5.74) is 2.36. The number of hydrogen-bond donors (Lipinski definition) is 1. The van der Waals surface area contributed by atoms with Gasteiger partial charge in [-0.3, -0.25) is 0 Å². The monoisotopic (exact) mass is 229 g/mol. The van der Waals surface area contributed by atoms with Gasteiger partial charge in [-0.25, -0.2) is 0 Å². The normalized spacial score (nSPS) is 19.2. The van der Waals surface area contributed by atoms with Crippen LogP contribution in [0.2, 0.25) is 10.0 Å². The molecule has 1 heterocycles. The second-order valence-corrected chi connectivity index (χ2v) is 4.56. The van der Waals surface area contributed by atoms with Crippen LogP contribution in [0.25, 0.3) is 0 Å². The van der Waals surface area contributed by atoms with E-state index in [1.807, 2.05) is 6.07 Å². The van der Waals surface area contributed by atoms with E-state index in [9.17, 15) is 0 Å². The van der Waals surface area contributed by atoms with Crippen molar-refractivity contribution in [3.63, 3.8) is 0 Å². The third kappa shape index (κ3) is 1.71. The minimum atomic E-state index is 0.575. The smallest absolute Gasteiger partial charge is 0.0655 e. The van der Waals surface area contributed by atoms with E-state index in [1.165, 1.54) is 18.4 Å².